The topological polar surface area (TPSA) is 32.3 Å². The third-order valence-corrected chi connectivity index (χ3v) is 6.35. The molecule has 4 nitrogen and oxygen atoms in total. The Balaban J connectivity index is 1.39. The summed E-state index contributed by atoms with van der Waals surface area (Å²) in [4.78, 5) is 5.15. The molecule has 1 aromatic carbocycles. The lowest BCUT2D eigenvalue weighted by Crippen LogP contribution is -2.46. The second-order valence-electron chi connectivity index (χ2n) is 7.07. The molecule has 0 atom stereocenters. The molecular formula is C19H26N4S. The van der Waals surface area contributed by atoms with E-state index in [0.717, 1.165) is 29.3 Å². The highest BCUT2D eigenvalue weighted by molar-refractivity contribution is 7.18. The van der Waals surface area contributed by atoms with Crippen LogP contribution in [0.25, 0.3) is 10.6 Å². The summed E-state index contributed by atoms with van der Waals surface area (Å²) < 4.78 is 0. The molecule has 2 aliphatic heterocycles. The molecule has 0 amide bonds. The predicted octanol–water partition coefficient (Wildman–Crippen LogP) is 3.97. The Kier molecular flexibility index (Phi) is 4.81. The molecule has 1 aromatic heterocycles. The van der Waals surface area contributed by atoms with Crippen LogP contribution in [0.2, 0.25) is 0 Å². The number of anilines is 1. The molecule has 24 heavy (non-hydrogen) atoms. The Morgan fingerprint density at radius 1 is 1.00 bits per heavy atom. The Hall–Kier alpha value is -1.46. The molecule has 4 rings (SSSR count). The van der Waals surface area contributed by atoms with Gasteiger partial charge in [-0.05, 0) is 51.8 Å². The van der Waals surface area contributed by atoms with Crippen molar-refractivity contribution in [3.05, 3.63) is 29.8 Å². The molecule has 2 fully saturated rings. The zero-order valence-electron chi connectivity index (χ0n) is 14.4. The fourth-order valence-corrected chi connectivity index (χ4v) is 4.84. The minimum atomic E-state index is 0.783. The van der Waals surface area contributed by atoms with Crippen LogP contribution in [0.15, 0.2) is 24.3 Å². The van der Waals surface area contributed by atoms with E-state index in [0.29, 0.717) is 0 Å². The standard InChI is InChI=1S/C19H26N4S/c1-15-6-5-7-16(14-15)18-20-21-19(24-18)23-12-8-17(9-13-23)22-10-3-2-4-11-22/h5-7,14,17H,2-4,8-13H2,1H3. The summed E-state index contributed by atoms with van der Waals surface area (Å²) in [6, 6.07) is 9.31. The van der Waals surface area contributed by atoms with Gasteiger partial charge in [0.05, 0.1) is 0 Å². The number of aryl methyl sites for hydroxylation is 1. The van der Waals surface area contributed by atoms with Gasteiger partial charge in [0.25, 0.3) is 0 Å². The van der Waals surface area contributed by atoms with Crippen molar-refractivity contribution >= 4 is 16.5 Å². The first-order valence-electron chi connectivity index (χ1n) is 9.19. The average molecular weight is 343 g/mol. The molecule has 2 saturated heterocycles. The molecule has 2 aromatic rings. The Labute approximate surface area is 148 Å². The largest absolute Gasteiger partial charge is 0.347 e. The van der Waals surface area contributed by atoms with Gasteiger partial charge in [0.2, 0.25) is 5.13 Å². The fourth-order valence-electron chi connectivity index (χ4n) is 3.94. The number of hydrogen-bond acceptors (Lipinski definition) is 5. The molecule has 0 unspecified atom stereocenters. The van der Waals surface area contributed by atoms with Gasteiger partial charge in [-0.15, -0.1) is 10.2 Å². The van der Waals surface area contributed by atoms with Gasteiger partial charge in [0.15, 0.2) is 0 Å². The molecule has 128 valence electrons. The maximum absolute atomic E-state index is 4.46. The minimum Gasteiger partial charge on any atom is -0.347 e. The van der Waals surface area contributed by atoms with E-state index in [1.807, 2.05) is 0 Å². The van der Waals surface area contributed by atoms with Gasteiger partial charge in [-0.2, -0.15) is 0 Å². The van der Waals surface area contributed by atoms with Crippen molar-refractivity contribution in [2.24, 2.45) is 0 Å². The first-order chi connectivity index (χ1) is 11.8. The van der Waals surface area contributed by atoms with E-state index in [-0.39, 0.29) is 0 Å². The molecular weight excluding hydrogens is 316 g/mol. The number of likely N-dealkylation sites (tertiary alicyclic amines) is 1. The zero-order valence-corrected chi connectivity index (χ0v) is 15.3. The van der Waals surface area contributed by atoms with Crippen LogP contribution >= 0.6 is 11.3 Å². The van der Waals surface area contributed by atoms with Crippen molar-refractivity contribution in [2.75, 3.05) is 31.1 Å². The van der Waals surface area contributed by atoms with E-state index < -0.39 is 0 Å². The van der Waals surface area contributed by atoms with Crippen LogP contribution in [0, 0.1) is 6.92 Å². The highest BCUT2D eigenvalue weighted by Crippen LogP contribution is 2.31. The zero-order chi connectivity index (χ0) is 16.4. The van der Waals surface area contributed by atoms with Gasteiger partial charge >= 0.3 is 0 Å². The van der Waals surface area contributed by atoms with Gasteiger partial charge < -0.3 is 9.80 Å². The number of benzene rings is 1. The van der Waals surface area contributed by atoms with Crippen LogP contribution in [-0.4, -0.2) is 47.3 Å². The summed E-state index contributed by atoms with van der Waals surface area (Å²) in [7, 11) is 0. The molecule has 0 N–H and O–H groups in total. The molecule has 3 heterocycles. The van der Waals surface area contributed by atoms with Crippen LogP contribution in [-0.2, 0) is 0 Å². The van der Waals surface area contributed by atoms with Crippen LogP contribution < -0.4 is 4.90 Å². The van der Waals surface area contributed by atoms with Crippen molar-refractivity contribution < 1.29 is 0 Å². The molecule has 5 heteroatoms. The Morgan fingerprint density at radius 3 is 2.54 bits per heavy atom. The lowest BCUT2D eigenvalue weighted by atomic mass is 10.0. The molecule has 0 radical (unpaired) electrons. The summed E-state index contributed by atoms with van der Waals surface area (Å²) >= 11 is 1.73. The summed E-state index contributed by atoms with van der Waals surface area (Å²) in [5, 5.41) is 11.0. The normalized spacial score (nSPS) is 20.5. The SMILES string of the molecule is Cc1cccc(-c2nnc(N3CCC(N4CCCCC4)CC3)s2)c1. The summed E-state index contributed by atoms with van der Waals surface area (Å²) in [6.45, 7) is 6.96. The van der Waals surface area contributed by atoms with E-state index >= 15 is 0 Å². The van der Waals surface area contributed by atoms with Gasteiger partial charge in [-0.1, -0.05) is 41.5 Å². The third kappa shape index (κ3) is 3.47. The Bertz CT molecular complexity index is 670. The number of hydrogen-bond donors (Lipinski definition) is 0. The molecule has 0 bridgehead atoms. The molecule has 2 aliphatic rings. The van der Waals surface area contributed by atoms with Gasteiger partial charge in [0, 0.05) is 24.7 Å². The highest BCUT2D eigenvalue weighted by atomic mass is 32.1. The molecule has 0 aliphatic carbocycles. The van der Waals surface area contributed by atoms with Crippen molar-refractivity contribution in [3.63, 3.8) is 0 Å². The number of aromatic nitrogens is 2. The van der Waals surface area contributed by atoms with Crippen molar-refractivity contribution in [2.45, 2.75) is 45.1 Å². The third-order valence-electron chi connectivity index (χ3n) is 5.32. The van der Waals surface area contributed by atoms with Gasteiger partial charge in [-0.25, -0.2) is 0 Å². The average Bonchev–Trinajstić information content (AvgIpc) is 3.13. The first-order valence-corrected chi connectivity index (χ1v) is 10.0. The van der Waals surface area contributed by atoms with Crippen molar-refractivity contribution in [1.82, 2.24) is 15.1 Å². The van der Waals surface area contributed by atoms with E-state index in [1.54, 1.807) is 11.3 Å². The second-order valence-corrected chi connectivity index (χ2v) is 8.03. The quantitative estimate of drug-likeness (QED) is 0.845. The summed E-state index contributed by atoms with van der Waals surface area (Å²) in [5.41, 5.74) is 2.45. The lowest BCUT2D eigenvalue weighted by molar-refractivity contribution is 0.141. The van der Waals surface area contributed by atoms with E-state index in [1.165, 1.54) is 56.3 Å². The number of nitrogens with zero attached hydrogens (tertiary/aromatic N) is 4. The van der Waals surface area contributed by atoms with Crippen LogP contribution in [0.5, 0.6) is 0 Å². The van der Waals surface area contributed by atoms with Crippen LogP contribution in [0.1, 0.15) is 37.7 Å². The van der Waals surface area contributed by atoms with E-state index in [9.17, 15) is 0 Å². The fraction of sp³-hybridized carbons (Fsp3) is 0.579. The van der Waals surface area contributed by atoms with Gasteiger partial charge in [0.1, 0.15) is 5.01 Å². The maximum Gasteiger partial charge on any atom is 0.208 e. The summed E-state index contributed by atoms with van der Waals surface area (Å²) in [6.07, 6.45) is 6.72. The minimum absolute atomic E-state index is 0.783. The first kappa shape index (κ1) is 16.0. The number of rotatable bonds is 3. The maximum atomic E-state index is 4.46. The van der Waals surface area contributed by atoms with Gasteiger partial charge in [-0.3, -0.25) is 0 Å². The smallest absolute Gasteiger partial charge is 0.208 e. The molecule has 0 spiro atoms. The van der Waals surface area contributed by atoms with E-state index in [2.05, 4.69) is 51.2 Å². The number of piperidine rings is 2. The lowest BCUT2D eigenvalue weighted by Gasteiger charge is -2.40. The van der Waals surface area contributed by atoms with Crippen molar-refractivity contribution in [3.8, 4) is 10.6 Å². The monoisotopic (exact) mass is 342 g/mol. The van der Waals surface area contributed by atoms with Crippen LogP contribution in [0.4, 0.5) is 5.13 Å². The predicted molar refractivity (Wildman–Crippen MR) is 101 cm³/mol. The summed E-state index contributed by atoms with van der Waals surface area (Å²) in [5.74, 6) is 0. The highest BCUT2D eigenvalue weighted by Gasteiger charge is 2.27. The second kappa shape index (κ2) is 7.19. The Morgan fingerprint density at radius 2 is 1.79 bits per heavy atom. The van der Waals surface area contributed by atoms with E-state index in [4.69, 9.17) is 0 Å². The van der Waals surface area contributed by atoms with Crippen molar-refractivity contribution in [1.29, 1.82) is 0 Å². The molecule has 0 saturated carbocycles. The van der Waals surface area contributed by atoms with Crippen LogP contribution in [0.3, 0.4) is 0 Å².